The monoisotopic (exact) mass is 436 g/mol. The molecule has 0 spiro atoms. The topological polar surface area (TPSA) is 9.23 Å². The van der Waals surface area contributed by atoms with Gasteiger partial charge < -0.3 is 4.74 Å². The molecule has 0 bridgehead atoms. The van der Waals surface area contributed by atoms with Gasteiger partial charge in [0, 0.05) is 15.6 Å². The van der Waals surface area contributed by atoms with Gasteiger partial charge in [0.05, 0.1) is 17.0 Å². The molecule has 0 aliphatic carbocycles. The summed E-state index contributed by atoms with van der Waals surface area (Å²) in [6.45, 7) is 2.05. The Labute approximate surface area is 145 Å². The van der Waals surface area contributed by atoms with E-state index in [1.807, 2.05) is 6.07 Å². The van der Waals surface area contributed by atoms with Crippen molar-refractivity contribution in [3.8, 4) is 5.75 Å². The zero-order valence-electron chi connectivity index (χ0n) is 10.9. The maximum absolute atomic E-state index is 6.32. The lowest BCUT2D eigenvalue weighted by atomic mass is 10.0. The van der Waals surface area contributed by atoms with E-state index in [-0.39, 0.29) is 4.83 Å². The van der Waals surface area contributed by atoms with E-state index in [1.54, 1.807) is 13.2 Å². The van der Waals surface area contributed by atoms with Crippen LogP contribution in [0.5, 0.6) is 5.75 Å². The summed E-state index contributed by atoms with van der Waals surface area (Å²) in [5.74, 6) is 0.575. The summed E-state index contributed by atoms with van der Waals surface area (Å²) in [6.07, 6.45) is 0. The summed E-state index contributed by atoms with van der Waals surface area (Å²) in [4.78, 5) is -0.0328. The van der Waals surface area contributed by atoms with Crippen LogP contribution in [0.3, 0.4) is 0 Å². The van der Waals surface area contributed by atoms with Crippen LogP contribution in [0.1, 0.15) is 21.5 Å². The highest BCUT2D eigenvalue weighted by atomic mass is 79.9. The van der Waals surface area contributed by atoms with Crippen LogP contribution in [0.4, 0.5) is 0 Å². The summed E-state index contributed by atoms with van der Waals surface area (Å²) in [5, 5.41) is 1.16. The van der Waals surface area contributed by atoms with Crippen LogP contribution >= 0.6 is 55.1 Å². The van der Waals surface area contributed by atoms with Crippen molar-refractivity contribution in [2.75, 3.05) is 7.11 Å². The Morgan fingerprint density at radius 2 is 1.75 bits per heavy atom. The van der Waals surface area contributed by atoms with Gasteiger partial charge in [-0.25, -0.2) is 0 Å². The molecule has 0 fully saturated rings. The van der Waals surface area contributed by atoms with Crippen molar-refractivity contribution < 1.29 is 4.74 Å². The zero-order chi connectivity index (χ0) is 14.9. The van der Waals surface area contributed by atoms with E-state index >= 15 is 0 Å². The average Bonchev–Trinajstić information content (AvgIpc) is 2.39. The van der Waals surface area contributed by atoms with Gasteiger partial charge in [0.1, 0.15) is 5.75 Å². The summed E-state index contributed by atoms with van der Waals surface area (Å²) < 4.78 is 6.20. The number of rotatable bonds is 3. The minimum absolute atomic E-state index is 0.0328. The van der Waals surface area contributed by atoms with Gasteiger partial charge in [0.15, 0.2) is 0 Å². The van der Waals surface area contributed by atoms with Crippen LogP contribution in [0, 0.1) is 6.92 Å². The number of ether oxygens (including phenoxy) is 1. The minimum atomic E-state index is -0.0328. The number of hydrogen-bond acceptors (Lipinski definition) is 1. The second kappa shape index (κ2) is 6.69. The van der Waals surface area contributed by atoms with E-state index in [0.29, 0.717) is 15.8 Å². The first kappa shape index (κ1) is 16.2. The number of benzene rings is 2. The van der Waals surface area contributed by atoms with Gasteiger partial charge in [-0.2, -0.15) is 0 Å². The smallest absolute Gasteiger partial charge is 0.138 e. The molecule has 0 aromatic heterocycles. The second-order valence-electron chi connectivity index (χ2n) is 4.43. The van der Waals surface area contributed by atoms with Crippen molar-refractivity contribution in [2.24, 2.45) is 0 Å². The SMILES string of the molecule is COc1cc(Cl)c(C(Br)c2cc(C)cc(Br)c2)cc1Cl. The quantitative estimate of drug-likeness (QED) is 0.493. The molecule has 2 aromatic carbocycles. The second-order valence-corrected chi connectivity index (χ2v) is 7.08. The summed E-state index contributed by atoms with van der Waals surface area (Å²) >= 11 is 19.7. The molecule has 0 saturated carbocycles. The number of hydrogen-bond donors (Lipinski definition) is 0. The number of methoxy groups -OCH3 is 1. The van der Waals surface area contributed by atoms with E-state index in [2.05, 4.69) is 57.0 Å². The van der Waals surface area contributed by atoms with Crippen LogP contribution in [0.2, 0.25) is 10.0 Å². The van der Waals surface area contributed by atoms with E-state index < -0.39 is 0 Å². The van der Waals surface area contributed by atoms with Crippen LogP contribution in [0.25, 0.3) is 0 Å². The van der Waals surface area contributed by atoms with Gasteiger partial charge in [-0.3, -0.25) is 0 Å². The lowest BCUT2D eigenvalue weighted by Gasteiger charge is -2.15. The molecule has 20 heavy (non-hydrogen) atoms. The Balaban J connectivity index is 2.47. The normalized spacial score (nSPS) is 12.3. The molecule has 0 saturated heterocycles. The zero-order valence-corrected chi connectivity index (χ0v) is 15.6. The molecule has 2 rings (SSSR count). The molecular formula is C15H12Br2Cl2O. The van der Waals surface area contributed by atoms with Gasteiger partial charge in [-0.1, -0.05) is 61.1 Å². The molecule has 106 valence electrons. The first-order chi connectivity index (χ1) is 9.42. The van der Waals surface area contributed by atoms with Crippen molar-refractivity contribution in [3.05, 3.63) is 61.5 Å². The lowest BCUT2D eigenvalue weighted by Crippen LogP contribution is -1.96. The summed E-state index contributed by atoms with van der Waals surface area (Å²) in [7, 11) is 1.57. The molecule has 0 heterocycles. The predicted octanol–water partition coefficient (Wildman–Crippen LogP) is 6.56. The van der Waals surface area contributed by atoms with Gasteiger partial charge in [-0.05, 0) is 41.8 Å². The Morgan fingerprint density at radius 3 is 2.35 bits per heavy atom. The average molecular weight is 439 g/mol. The Bertz CT molecular complexity index is 624. The van der Waals surface area contributed by atoms with Crippen molar-refractivity contribution >= 4 is 55.1 Å². The largest absolute Gasteiger partial charge is 0.495 e. The highest BCUT2D eigenvalue weighted by molar-refractivity contribution is 9.10. The Kier molecular flexibility index (Phi) is 5.41. The fourth-order valence-electron chi connectivity index (χ4n) is 1.99. The number of halogens is 4. The van der Waals surface area contributed by atoms with Crippen molar-refractivity contribution in [2.45, 2.75) is 11.8 Å². The fourth-order valence-corrected chi connectivity index (χ4v) is 3.90. The Morgan fingerprint density at radius 1 is 1.05 bits per heavy atom. The highest BCUT2D eigenvalue weighted by Crippen LogP contribution is 2.40. The predicted molar refractivity (Wildman–Crippen MR) is 92.7 cm³/mol. The highest BCUT2D eigenvalue weighted by Gasteiger charge is 2.17. The third kappa shape index (κ3) is 3.51. The van der Waals surface area contributed by atoms with Crippen LogP contribution in [0.15, 0.2) is 34.8 Å². The van der Waals surface area contributed by atoms with Crippen LogP contribution in [-0.4, -0.2) is 7.11 Å². The fraction of sp³-hybridized carbons (Fsp3) is 0.200. The minimum Gasteiger partial charge on any atom is -0.495 e. The van der Waals surface area contributed by atoms with E-state index in [9.17, 15) is 0 Å². The molecular weight excluding hydrogens is 427 g/mol. The van der Waals surface area contributed by atoms with Crippen LogP contribution < -0.4 is 4.74 Å². The lowest BCUT2D eigenvalue weighted by molar-refractivity contribution is 0.415. The standard InChI is InChI=1S/C15H12Br2Cl2O/c1-8-3-9(5-10(16)4-8)15(17)11-6-13(19)14(20-2)7-12(11)18/h3-7,15H,1-2H3. The molecule has 0 N–H and O–H groups in total. The molecule has 1 unspecified atom stereocenters. The number of aryl methyl sites for hydroxylation is 1. The summed E-state index contributed by atoms with van der Waals surface area (Å²) in [5.41, 5.74) is 3.20. The van der Waals surface area contributed by atoms with E-state index in [1.165, 1.54) is 5.56 Å². The first-order valence-corrected chi connectivity index (χ1v) is 8.33. The van der Waals surface area contributed by atoms with Crippen molar-refractivity contribution in [3.63, 3.8) is 0 Å². The molecule has 0 aliphatic heterocycles. The third-order valence-corrected chi connectivity index (χ3v) is 5.00. The molecule has 1 atom stereocenters. The summed E-state index contributed by atoms with van der Waals surface area (Å²) in [6, 6.07) is 9.79. The van der Waals surface area contributed by atoms with E-state index in [4.69, 9.17) is 27.9 Å². The number of alkyl halides is 1. The molecule has 0 radical (unpaired) electrons. The molecule has 5 heteroatoms. The van der Waals surface area contributed by atoms with E-state index in [0.717, 1.165) is 15.6 Å². The van der Waals surface area contributed by atoms with Crippen molar-refractivity contribution in [1.82, 2.24) is 0 Å². The maximum atomic E-state index is 6.32. The third-order valence-electron chi connectivity index (χ3n) is 2.90. The first-order valence-electron chi connectivity index (χ1n) is 5.86. The van der Waals surface area contributed by atoms with Gasteiger partial charge in [0.25, 0.3) is 0 Å². The molecule has 0 aliphatic rings. The molecule has 2 aromatic rings. The van der Waals surface area contributed by atoms with Gasteiger partial charge in [-0.15, -0.1) is 0 Å². The molecule has 1 nitrogen and oxygen atoms in total. The van der Waals surface area contributed by atoms with Crippen LogP contribution in [-0.2, 0) is 0 Å². The molecule has 0 amide bonds. The maximum Gasteiger partial charge on any atom is 0.138 e. The van der Waals surface area contributed by atoms with Gasteiger partial charge in [0.2, 0.25) is 0 Å². The Hall–Kier alpha value is -0.220. The van der Waals surface area contributed by atoms with Gasteiger partial charge >= 0.3 is 0 Å². The van der Waals surface area contributed by atoms with Crippen molar-refractivity contribution in [1.29, 1.82) is 0 Å².